The van der Waals surface area contributed by atoms with Gasteiger partial charge in [-0.25, -0.2) is 0 Å². The van der Waals surface area contributed by atoms with Crippen molar-refractivity contribution < 1.29 is 0 Å². The molecule has 0 bridgehead atoms. The van der Waals surface area contributed by atoms with Crippen LogP contribution in [0.1, 0.15) is 45.2 Å². The van der Waals surface area contributed by atoms with E-state index in [1.165, 1.54) is 37.1 Å². The summed E-state index contributed by atoms with van der Waals surface area (Å²) in [6.45, 7) is 10.1. The van der Waals surface area contributed by atoms with Crippen molar-refractivity contribution >= 4 is 15.9 Å². The van der Waals surface area contributed by atoms with Crippen LogP contribution in [0.5, 0.6) is 0 Å². The van der Waals surface area contributed by atoms with Crippen molar-refractivity contribution in [3.63, 3.8) is 0 Å². The van der Waals surface area contributed by atoms with Crippen LogP contribution in [0.3, 0.4) is 0 Å². The summed E-state index contributed by atoms with van der Waals surface area (Å²) in [5, 5.41) is 3.78. The summed E-state index contributed by atoms with van der Waals surface area (Å²) in [5.41, 5.74) is 2.77. The van der Waals surface area contributed by atoms with E-state index in [1.807, 2.05) is 0 Å². The summed E-state index contributed by atoms with van der Waals surface area (Å²) in [6, 6.07) is 9.66. The number of allylic oxidation sites excluding steroid dienone is 1. The molecule has 1 atom stereocenters. The van der Waals surface area contributed by atoms with Gasteiger partial charge >= 0.3 is 0 Å². The first kappa shape index (κ1) is 16.7. The summed E-state index contributed by atoms with van der Waals surface area (Å²) in [5.74, 6) is 0. The Morgan fingerprint density at radius 1 is 1.38 bits per heavy atom. The molecule has 1 aliphatic heterocycles. The van der Waals surface area contributed by atoms with Gasteiger partial charge in [-0.3, -0.25) is 4.90 Å². The molecule has 1 saturated heterocycles. The van der Waals surface area contributed by atoms with Crippen molar-refractivity contribution in [3.8, 4) is 0 Å². The lowest BCUT2D eigenvalue weighted by atomic mass is 10.0. The lowest BCUT2D eigenvalue weighted by molar-refractivity contribution is 0.208. The number of nitrogens with one attached hydrogen (secondary N) is 1. The van der Waals surface area contributed by atoms with Gasteiger partial charge in [0.1, 0.15) is 0 Å². The summed E-state index contributed by atoms with van der Waals surface area (Å²) >= 11 is 3.55. The van der Waals surface area contributed by atoms with E-state index in [9.17, 15) is 0 Å². The Morgan fingerprint density at radius 3 is 2.71 bits per heavy atom. The average molecular weight is 351 g/mol. The molecule has 0 aliphatic carbocycles. The molecule has 0 saturated carbocycles. The van der Waals surface area contributed by atoms with Crippen molar-refractivity contribution in [1.82, 2.24) is 10.2 Å². The second kappa shape index (κ2) is 8.11. The minimum atomic E-state index is 0.414. The number of hydrogen-bond acceptors (Lipinski definition) is 2. The first-order valence-electron chi connectivity index (χ1n) is 7.92. The molecule has 2 nitrogen and oxygen atoms in total. The smallest absolute Gasteiger partial charge is 0.0294 e. The van der Waals surface area contributed by atoms with Crippen molar-refractivity contribution in [3.05, 3.63) is 46.0 Å². The number of benzene rings is 1. The Hall–Kier alpha value is -0.640. The maximum absolute atomic E-state index is 3.78. The zero-order valence-corrected chi connectivity index (χ0v) is 15.0. The number of rotatable bonds is 5. The standard InChI is InChI=1S/C18H27BrN2/c1-14(2)7-10-21-11-8-18(9-12-21)20-15(3)16-5-4-6-17(19)13-16/h4-7,13,15,18,20H,8-12H2,1-3H3/t15-/m0/s1. The van der Waals surface area contributed by atoms with E-state index < -0.39 is 0 Å². The number of nitrogens with zero attached hydrogens (tertiary/aromatic N) is 1. The third-order valence-corrected chi connectivity index (χ3v) is 4.67. The average Bonchev–Trinajstić information content (AvgIpc) is 2.46. The van der Waals surface area contributed by atoms with Gasteiger partial charge in [-0.1, -0.05) is 39.7 Å². The lowest BCUT2D eigenvalue weighted by Crippen LogP contribution is -2.43. The zero-order valence-electron chi connectivity index (χ0n) is 13.4. The minimum Gasteiger partial charge on any atom is -0.307 e. The van der Waals surface area contributed by atoms with Gasteiger partial charge in [0.2, 0.25) is 0 Å². The summed E-state index contributed by atoms with van der Waals surface area (Å²) < 4.78 is 1.16. The molecule has 1 aromatic rings. The van der Waals surface area contributed by atoms with Gasteiger partial charge in [0.25, 0.3) is 0 Å². The van der Waals surface area contributed by atoms with Gasteiger partial charge in [0.05, 0.1) is 0 Å². The third-order valence-electron chi connectivity index (χ3n) is 4.18. The molecule has 116 valence electrons. The molecule has 1 aliphatic rings. The zero-order chi connectivity index (χ0) is 15.2. The maximum atomic E-state index is 3.78. The fourth-order valence-corrected chi connectivity index (χ4v) is 3.24. The first-order valence-corrected chi connectivity index (χ1v) is 8.71. The van der Waals surface area contributed by atoms with Crippen molar-refractivity contribution in [2.45, 2.75) is 45.7 Å². The first-order chi connectivity index (χ1) is 10.0. The van der Waals surface area contributed by atoms with Crippen LogP contribution in [0.4, 0.5) is 0 Å². The highest BCUT2D eigenvalue weighted by Crippen LogP contribution is 2.20. The largest absolute Gasteiger partial charge is 0.307 e. The molecular formula is C18H27BrN2. The van der Waals surface area contributed by atoms with Crippen molar-refractivity contribution in [2.24, 2.45) is 0 Å². The third kappa shape index (κ3) is 5.57. The van der Waals surface area contributed by atoms with Gasteiger partial charge in [-0.2, -0.15) is 0 Å². The number of likely N-dealkylation sites (tertiary alicyclic amines) is 1. The SMILES string of the molecule is CC(C)=CCN1CCC(N[C@@H](C)c2cccc(Br)c2)CC1. The Labute approximate surface area is 137 Å². The van der Waals surface area contributed by atoms with E-state index in [4.69, 9.17) is 0 Å². The van der Waals surface area contributed by atoms with Gasteiger partial charge in [-0.05, 0) is 64.4 Å². The number of piperidine rings is 1. The van der Waals surface area contributed by atoms with E-state index in [0.29, 0.717) is 12.1 Å². The molecule has 1 heterocycles. The molecule has 1 fully saturated rings. The molecular weight excluding hydrogens is 324 g/mol. The highest BCUT2D eigenvalue weighted by Gasteiger charge is 2.20. The van der Waals surface area contributed by atoms with E-state index in [-0.39, 0.29) is 0 Å². The van der Waals surface area contributed by atoms with Gasteiger partial charge < -0.3 is 5.32 Å². The molecule has 1 aromatic carbocycles. The van der Waals surface area contributed by atoms with E-state index >= 15 is 0 Å². The Bertz CT molecular complexity index is 472. The van der Waals surface area contributed by atoms with Crippen molar-refractivity contribution in [2.75, 3.05) is 19.6 Å². The molecule has 0 radical (unpaired) electrons. The lowest BCUT2D eigenvalue weighted by Gasteiger charge is -2.33. The molecule has 2 rings (SSSR count). The summed E-state index contributed by atoms with van der Waals surface area (Å²) in [7, 11) is 0. The predicted octanol–water partition coefficient (Wildman–Crippen LogP) is 4.53. The van der Waals surface area contributed by atoms with Crippen LogP contribution in [-0.2, 0) is 0 Å². The minimum absolute atomic E-state index is 0.414. The molecule has 0 spiro atoms. The normalized spacial score (nSPS) is 18.5. The van der Waals surface area contributed by atoms with Crippen LogP contribution >= 0.6 is 15.9 Å². The highest BCUT2D eigenvalue weighted by molar-refractivity contribution is 9.10. The monoisotopic (exact) mass is 350 g/mol. The van der Waals surface area contributed by atoms with Gasteiger partial charge in [-0.15, -0.1) is 0 Å². The van der Waals surface area contributed by atoms with Crippen molar-refractivity contribution in [1.29, 1.82) is 0 Å². The molecule has 21 heavy (non-hydrogen) atoms. The van der Waals surface area contributed by atoms with Gasteiger partial charge in [0, 0.05) is 23.1 Å². The number of halogens is 1. The van der Waals surface area contributed by atoms with Crippen LogP contribution in [0, 0.1) is 0 Å². The Balaban J connectivity index is 1.79. The Morgan fingerprint density at radius 2 is 2.10 bits per heavy atom. The van der Waals surface area contributed by atoms with E-state index in [1.54, 1.807) is 0 Å². The molecule has 0 aromatic heterocycles. The van der Waals surface area contributed by atoms with Crippen LogP contribution in [0.15, 0.2) is 40.4 Å². The van der Waals surface area contributed by atoms with Crippen LogP contribution in [0.25, 0.3) is 0 Å². The fourth-order valence-electron chi connectivity index (χ4n) is 2.82. The quantitative estimate of drug-likeness (QED) is 0.784. The Kier molecular flexibility index (Phi) is 6.46. The predicted molar refractivity (Wildman–Crippen MR) is 94.6 cm³/mol. The van der Waals surface area contributed by atoms with E-state index in [2.05, 4.69) is 77.3 Å². The topological polar surface area (TPSA) is 15.3 Å². The second-order valence-corrected chi connectivity index (χ2v) is 7.22. The fraction of sp³-hybridized carbons (Fsp3) is 0.556. The van der Waals surface area contributed by atoms with Crippen LogP contribution < -0.4 is 5.32 Å². The molecule has 0 unspecified atom stereocenters. The number of hydrogen-bond donors (Lipinski definition) is 1. The molecule has 3 heteroatoms. The summed E-state index contributed by atoms with van der Waals surface area (Å²) in [4.78, 5) is 2.55. The van der Waals surface area contributed by atoms with Crippen LogP contribution in [-0.4, -0.2) is 30.6 Å². The van der Waals surface area contributed by atoms with E-state index in [0.717, 1.165) is 11.0 Å². The van der Waals surface area contributed by atoms with Gasteiger partial charge in [0.15, 0.2) is 0 Å². The van der Waals surface area contributed by atoms with Crippen LogP contribution in [0.2, 0.25) is 0 Å². The highest BCUT2D eigenvalue weighted by atomic mass is 79.9. The molecule has 1 N–H and O–H groups in total. The second-order valence-electron chi connectivity index (χ2n) is 6.30. The maximum Gasteiger partial charge on any atom is 0.0294 e. The molecule has 0 amide bonds. The summed E-state index contributed by atoms with van der Waals surface area (Å²) in [6.07, 6.45) is 4.82.